The van der Waals surface area contributed by atoms with E-state index in [0.29, 0.717) is 13.0 Å². The van der Waals surface area contributed by atoms with Crippen molar-refractivity contribution in [1.82, 2.24) is 0 Å². The van der Waals surface area contributed by atoms with Crippen molar-refractivity contribution in [3.63, 3.8) is 0 Å². The maximum atomic E-state index is 11.1. The second-order valence-corrected chi connectivity index (χ2v) is 4.29. The van der Waals surface area contributed by atoms with Crippen LogP contribution < -0.4 is 5.73 Å². The molecule has 0 aromatic rings. The van der Waals surface area contributed by atoms with Crippen molar-refractivity contribution in [2.75, 3.05) is 18.1 Å². The van der Waals surface area contributed by atoms with Gasteiger partial charge in [-0.25, -0.2) is 0 Å². The summed E-state index contributed by atoms with van der Waals surface area (Å²) in [7, 11) is 0. The van der Waals surface area contributed by atoms with E-state index in [-0.39, 0.29) is 5.97 Å². The fourth-order valence-electron chi connectivity index (χ4n) is 0.956. The predicted octanol–water partition coefficient (Wildman–Crippen LogP) is 1.41. The summed E-state index contributed by atoms with van der Waals surface area (Å²) in [6.07, 6.45) is 7.63. The van der Waals surface area contributed by atoms with Gasteiger partial charge in [-0.3, -0.25) is 4.79 Å². The molecule has 0 rings (SSSR count). The van der Waals surface area contributed by atoms with E-state index >= 15 is 0 Å². The van der Waals surface area contributed by atoms with Crippen LogP contribution in [-0.2, 0) is 9.53 Å². The van der Waals surface area contributed by atoms with Gasteiger partial charge in [0.1, 0.15) is 6.04 Å². The maximum absolute atomic E-state index is 11.1. The lowest BCUT2D eigenvalue weighted by atomic mass is 10.2. The highest BCUT2D eigenvalue weighted by atomic mass is 32.2. The standard InChI is InChI=1S/C11H19NO2S/c1-3-5-6-8-15-9-7-10(12)11(13)14-4-2/h1,10H,4-9,12H2,2H3. The molecule has 1 atom stereocenters. The van der Waals surface area contributed by atoms with Gasteiger partial charge in [0.25, 0.3) is 0 Å². The summed E-state index contributed by atoms with van der Waals surface area (Å²) in [5.41, 5.74) is 5.62. The van der Waals surface area contributed by atoms with Gasteiger partial charge >= 0.3 is 5.97 Å². The maximum Gasteiger partial charge on any atom is 0.322 e. The Balaban J connectivity index is 3.35. The van der Waals surface area contributed by atoms with Gasteiger partial charge in [-0.15, -0.1) is 12.3 Å². The molecule has 0 aliphatic carbocycles. The fourth-order valence-corrected chi connectivity index (χ4v) is 1.93. The molecule has 2 N–H and O–H groups in total. The molecule has 0 amide bonds. The van der Waals surface area contributed by atoms with Crippen LogP contribution in [0.2, 0.25) is 0 Å². The topological polar surface area (TPSA) is 52.3 Å². The van der Waals surface area contributed by atoms with Crippen molar-refractivity contribution >= 4 is 17.7 Å². The van der Waals surface area contributed by atoms with Crippen LogP contribution in [0.5, 0.6) is 0 Å². The van der Waals surface area contributed by atoms with Crippen LogP contribution in [-0.4, -0.2) is 30.1 Å². The number of terminal acetylenes is 1. The SMILES string of the molecule is C#CCCCSCCC(N)C(=O)OCC. The normalized spacial score (nSPS) is 11.8. The molecule has 0 heterocycles. The zero-order valence-corrected chi connectivity index (χ0v) is 10.0. The number of unbranched alkanes of at least 4 members (excludes halogenated alkanes) is 1. The molecule has 4 heteroatoms. The van der Waals surface area contributed by atoms with Gasteiger partial charge in [-0.05, 0) is 31.3 Å². The Morgan fingerprint density at radius 3 is 2.93 bits per heavy atom. The molecule has 86 valence electrons. The molecule has 0 aliphatic heterocycles. The second-order valence-electron chi connectivity index (χ2n) is 3.07. The Hall–Kier alpha value is -0.660. The van der Waals surface area contributed by atoms with Crippen LogP contribution in [0.15, 0.2) is 0 Å². The number of hydrogen-bond acceptors (Lipinski definition) is 4. The third-order valence-electron chi connectivity index (χ3n) is 1.77. The lowest BCUT2D eigenvalue weighted by Crippen LogP contribution is -2.32. The predicted molar refractivity (Wildman–Crippen MR) is 64.6 cm³/mol. The molecule has 0 aromatic carbocycles. The second kappa shape index (κ2) is 9.88. The minimum Gasteiger partial charge on any atom is -0.465 e. The zero-order valence-electron chi connectivity index (χ0n) is 9.20. The monoisotopic (exact) mass is 229 g/mol. The van der Waals surface area contributed by atoms with E-state index in [1.807, 2.05) is 0 Å². The first-order chi connectivity index (χ1) is 7.22. The summed E-state index contributed by atoms with van der Waals surface area (Å²) in [5.74, 6) is 4.19. The van der Waals surface area contributed by atoms with Crippen molar-refractivity contribution in [1.29, 1.82) is 0 Å². The Bertz CT molecular complexity index is 213. The van der Waals surface area contributed by atoms with Crippen LogP contribution in [0.4, 0.5) is 0 Å². The van der Waals surface area contributed by atoms with Crippen LogP contribution >= 0.6 is 11.8 Å². The Labute approximate surface area is 96.1 Å². The number of carbonyl (C=O) groups is 1. The molecule has 0 aromatic heterocycles. The van der Waals surface area contributed by atoms with Gasteiger partial charge in [-0.2, -0.15) is 11.8 Å². The lowest BCUT2D eigenvalue weighted by molar-refractivity contribution is -0.144. The molecule has 0 saturated heterocycles. The van der Waals surface area contributed by atoms with Gasteiger partial charge in [0, 0.05) is 6.42 Å². The van der Waals surface area contributed by atoms with E-state index in [1.165, 1.54) is 0 Å². The van der Waals surface area contributed by atoms with Crippen molar-refractivity contribution in [2.24, 2.45) is 5.73 Å². The fraction of sp³-hybridized carbons (Fsp3) is 0.727. The number of esters is 1. The van der Waals surface area contributed by atoms with Crippen molar-refractivity contribution in [3.8, 4) is 12.3 Å². The first kappa shape index (κ1) is 14.3. The minimum atomic E-state index is -0.481. The largest absolute Gasteiger partial charge is 0.465 e. The molecule has 15 heavy (non-hydrogen) atoms. The summed E-state index contributed by atoms with van der Waals surface area (Å²) in [6, 6.07) is -0.481. The van der Waals surface area contributed by atoms with E-state index < -0.39 is 6.04 Å². The van der Waals surface area contributed by atoms with E-state index in [0.717, 1.165) is 24.3 Å². The number of hydrogen-bond donors (Lipinski definition) is 1. The highest BCUT2D eigenvalue weighted by molar-refractivity contribution is 7.99. The minimum absolute atomic E-state index is 0.304. The average molecular weight is 229 g/mol. The molecular weight excluding hydrogens is 210 g/mol. The van der Waals surface area contributed by atoms with Crippen LogP contribution in [0.25, 0.3) is 0 Å². The Morgan fingerprint density at radius 2 is 2.33 bits per heavy atom. The third-order valence-corrected chi connectivity index (χ3v) is 2.87. The Morgan fingerprint density at radius 1 is 1.60 bits per heavy atom. The lowest BCUT2D eigenvalue weighted by Gasteiger charge is -2.09. The van der Waals surface area contributed by atoms with E-state index in [2.05, 4.69) is 5.92 Å². The van der Waals surface area contributed by atoms with Gasteiger partial charge in [-0.1, -0.05) is 0 Å². The molecule has 1 unspecified atom stereocenters. The number of rotatable bonds is 8. The average Bonchev–Trinajstić information content (AvgIpc) is 2.23. The molecular formula is C11H19NO2S. The molecule has 3 nitrogen and oxygen atoms in total. The van der Waals surface area contributed by atoms with Gasteiger partial charge < -0.3 is 10.5 Å². The van der Waals surface area contributed by atoms with E-state index in [9.17, 15) is 4.79 Å². The molecule has 0 bridgehead atoms. The van der Waals surface area contributed by atoms with Crippen LogP contribution in [0.1, 0.15) is 26.2 Å². The first-order valence-corrected chi connectivity index (χ1v) is 6.31. The molecule has 0 radical (unpaired) electrons. The summed E-state index contributed by atoms with van der Waals surface area (Å²) >= 11 is 1.77. The highest BCUT2D eigenvalue weighted by Gasteiger charge is 2.13. The van der Waals surface area contributed by atoms with Crippen LogP contribution in [0.3, 0.4) is 0 Å². The Kier molecular flexibility index (Phi) is 9.44. The number of nitrogens with two attached hydrogens (primary N) is 1. The number of thioether (sulfide) groups is 1. The number of ether oxygens (including phenoxy) is 1. The number of carbonyl (C=O) groups excluding carboxylic acids is 1. The summed E-state index contributed by atoms with van der Waals surface area (Å²) in [6.45, 7) is 2.17. The van der Waals surface area contributed by atoms with Gasteiger partial charge in [0.2, 0.25) is 0 Å². The first-order valence-electron chi connectivity index (χ1n) is 5.15. The quantitative estimate of drug-likeness (QED) is 0.388. The smallest absolute Gasteiger partial charge is 0.322 e. The van der Waals surface area contributed by atoms with Crippen molar-refractivity contribution in [3.05, 3.63) is 0 Å². The molecule has 0 spiro atoms. The van der Waals surface area contributed by atoms with E-state index in [1.54, 1.807) is 18.7 Å². The molecule has 0 fully saturated rings. The summed E-state index contributed by atoms with van der Waals surface area (Å²) in [5, 5.41) is 0. The van der Waals surface area contributed by atoms with Crippen molar-refractivity contribution < 1.29 is 9.53 Å². The van der Waals surface area contributed by atoms with E-state index in [4.69, 9.17) is 16.9 Å². The zero-order chi connectivity index (χ0) is 11.5. The van der Waals surface area contributed by atoms with Crippen molar-refractivity contribution in [2.45, 2.75) is 32.2 Å². The highest BCUT2D eigenvalue weighted by Crippen LogP contribution is 2.07. The third kappa shape index (κ3) is 8.34. The summed E-state index contributed by atoms with van der Waals surface area (Å²) < 4.78 is 4.80. The summed E-state index contributed by atoms with van der Waals surface area (Å²) in [4.78, 5) is 11.1. The molecule has 0 saturated carbocycles. The van der Waals surface area contributed by atoms with Gasteiger partial charge in [0.15, 0.2) is 0 Å². The molecule has 0 aliphatic rings. The van der Waals surface area contributed by atoms with Crippen LogP contribution in [0, 0.1) is 12.3 Å². The van der Waals surface area contributed by atoms with Gasteiger partial charge in [0.05, 0.1) is 6.61 Å².